The molecule has 2 aromatic heterocycles. The fourth-order valence-electron chi connectivity index (χ4n) is 2.90. The van der Waals surface area contributed by atoms with Gasteiger partial charge in [0.25, 0.3) is 5.91 Å². The number of carbonyl (C=O) groups is 1. The molecule has 28 heavy (non-hydrogen) atoms. The Bertz CT molecular complexity index is 1210. The second kappa shape index (κ2) is 7.45. The Hall–Kier alpha value is -3.78. The molecular formula is C20H17N5O3. The summed E-state index contributed by atoms with van der Waals surface area (Å²) in [5.41, 5.74) is 1.67. The van der Waals surface area contributed by atoms with Gasteiger partial charge in [0.1, 0.15) is 12.2 Å². The maximum Gasteiger partial charge on any atom is 0.261 e. The van der Waals surface area contributed by atoms with Gasteiger partial charge in [-0.25, -0.2) is 4.98 Å². The second-order valence-corrected chi connectivity index (χ2v) is 6.15. The van der Waals surface area contributed by atoms with Crippen molar-refractivity contribution in [1.82, 2.24) is 20.2 Å². The number of benzene rings is 2. The highest BCUT2D eigenvalue weighted by Crippen LogP contribution is 2.20. The van der Waals surface area contributed by atoms with Gasteiger partial charge in [0.05, 0.1) is 0 Å². The number of hydrogen-bond acceptors (Lipinski definition) is 5. The van der Waals surface area contributed by atoms with Crippen LogP contribution < -0.4 is 10.7 Å². The number of nitrogens with zero attached hydrogens (tertiary/aromatic N) is 2. The molecule has 0 atom stereocenters. The molecule has 0 aliphatic carbocycles. The Kier molecular flexibility index (Phi) is 4.69. The third-order valence-corrected chi connectivity index (χ3v) is 4.22. The molecule has 2 aromatic carbocycles. The third-order valence-electron chi connectivity index (χ3n) is 4.22. The average Bonchev–Trinajstić information content (AvgIpc) is 3.18. The molecule has 0 aliphatic heterocycles. The number of para-hydroxylation sites is 1. The maximum absolute atomic E-state index is 12.6. The Morgan fingerprint density at radius 1 is 1.18 bits per heavy atom. The minimum Gasteiger partial charge on any atom is -0.377 e. The van der Waals surface area contributed by atoms with E-state index in [1.54, 1.807) is 43.5 Å². The molecule has 0 bridgehead atoms. The first kappa shape index (κ1) is 17.6. The lowest BCUT2D eigenvalue weighted by Crippen LogP contribution is -2.21. The van der Waals surface area contributed by atoms with Crippen molar-refractivity contribution in [2.75, 3.05) is 12.4 Å². The monoisotopic (exact) mass is 375 g/mol. The second-order valence-electron chi connectivity index (χ2n) is 6.15. The number of ether oxygens (including phenoxy) is 1. The van der Waals surface area contributed by atoms with Crippen LogP contribution >= 0.6 is 0 Å². The van der Waals surface area contributed by atoms with Crippen LogP contribution in [0, 0.1) is 0 Å². The number of nitrogens with one attached hydrogen (secondary N) is 3. The lowest BCUT2D eigenvalue weighted by atomic mass is 10.1. The standard InChI is InChI=1S/C20H17N5O3/c1-28-11-17-23-19(25-24-17)12-5-4-6-13(9-12)22-20(27)15-10-21-16-8-3-2-7-14(16)18(15)26/h2-10H,11H2,1H3,(H,21,26)(H,22,27)(H,23,24,25). The van der Waals surface area contributed by atoms with Crippen LogP contribution in [0.2, 0.25) is 0 Å². The summed E-state index contributed by atoms with van der Waals surface area (Å²) in [6.07, 6.45) is 1.43. The van der Waals surface area contributed by atoms with Gasteiger partial charge in [-0.05, 0) is 24.3 Å². The van der Waals surface area contributed by atoms with Gasteiger partial charge in [-0.2, -0.15) is 5.10 Å². The zero-order valence-electron chi connectivity index (χ0n) is 15.0. The largest absolute Gasteiger partial charge is 0.377 e. The number of carbonyl (C=O) groups excluding carboxylic acids is 1. The number of rotatable bonds is 5. The van der Waals surface area contributed by atoms with Gasteiger partial charge in [-0.1, -0.05) is 24.3 Å². The fraction of sp³-hybridized carbons (Fsp3) is 0.100. The number of pyridine rings is 1. The van der Waals surface area contributed by atoms with Crippen LogP contribution in [-0.2, 0) is 11.3 Å². The third kappa shape index (κ3) is 3.40. The number of hydrogen-bond donors (Lipinski definition) is 3. The van der Waals surface area contributed by atoms with Crippen molar-refractivity contribution >= 4 is 22.5 Å². The predicted molar refractivity (Wildman–Crippen MR) is 105 cm³/mol. The average molecular weight is 375 g/mol. The maximum atomic E-state index is 12.6. The zero-order chi connectivity index (χ0) is 19.5. The topological polar surface area (TPSA) is 113 Å². The molecule has 0 saturated carbocycles. The zero-order valence-corrected chi connectivity index (χ0v) is 15.0. The van der Waals surface area contributed by atoms with Crippen LogP contribution in [0.1, 0.15) is 16.2 Å². The number of aromatic amines is 2. The molecule has 4 aromatic rings. The molecule has 0 fully saturated rings. The Morgan fingerprint density at radius 3 is 2.89 bits per heavy atom. The number of fused-ring (bicyclic) bond motifs is 1. The van der Waals surface area contributed by atoms with E-state index >= 15 is 0 Å². The van der Waals surface area contributed by atoms with Crippen LogP contribution in [0.15, 0.2) is 59.5 Å². The van der Waals surface area contributed by atoms with E-state index in [4.69, 9.17) is 4.74 Å². The molecule has 8 nitrogen and oxygen atoms in total. The SMILES string of the molecule is COCc1nc(-c2cccc(NC(=O)c3c[nH]c4ccccc4c3=O)c2)n[nH]1. The molecule has 3 N–H and O–H groups in total. The minimum absolute atomic E-state index is 0.0457. The van der Waals surface area contributed by atoms with Gasteiger partial charge in [-0.15, -0.1) is 0 Å². The Morgan fingerprint density at radius 2 is 2.04 bits per heavy atom. The number of methoxy groups -OCH3 is 1. The minimum atomic E-state index is -0.487. The van der Waals surface area contributed by atoms with Gasteiger partial charge >= 0.3 is 0 Å². The van der Waals surface area contributed by atoms with Crippen molar-refractivity contribution in [2.24, 2.45) is 0 Å². The fourth-order valence-corrected chi connectivity index (χ4v) is 2.90. The summed E-state index contributed by atoms with van der Waals surface area (Å²) in [5, 5.41) is 10.2. The van der Waals surface area contributed by atoms with Crippen LogP contribution in [0.5, 0.6) is 0 Å². The van der Waals surface area contributed by atoms with Crippen LogP contribution in [-0.4, -0.2) is 33.2 Å². The molecular weight excluding hydrogens is 358 g/mol. The molecule has 1 amide bonds. The predicted octanol–water partition coefficient (Wildman–Crippen LogP) is 2.71. The van der Waals surface area contributed by atoms with E-state index in [1.165, 1.54) is 6.20 Å². The van der Waals surface area contributed by atoms with E-state index in [1.807, 2.05) is 12.1 Å². The van der Waals surface area contributed by atoms with Crippen molar-refractivity contribution in [3.63, 3.8) is 0 Å². The number of aromatic nitrogens is 4. The summed E-state index contributed by atoms with van der Waals surface area (Å²) in [5.74, 6) is 0.612. The first-order chi connectivity index (χ1) is 13.7. The van der Waals surface area contributed by atoms with Crippen molar-refractivity contribution in [2.45, 2.75) is 6.61 Å². The molecule has 8 heteroatoms. The van der Waals surface area contributed by atoms with Gasteiger partial charge in [0.2, 0.25) is 5.43 Å². The van der Waals surface area contributed by atoms with Crippen LogP contribution in [0.4, 0.5) is 5.69 Å². The molecule has 4 rings (SSSR count). The molecule has 0 saturated heterocycles. The lowest BCUT2D eigenvalue weighted by molar-refractivity contribution is 0.102. The first-order valence-electron chi connectivity index (χ1n) is 8.58. The summed E-state index contributed by atoms with van der Waals surface area (Å²) in [6, 6.07) is 14.2. The normalized spacial score (nSPS) is 10.9. The molecule has 0 spiro atoms. The number of anilines is 1. The number of amides is 1. The highest BCUT2D eigenvalue weighted by atomic mass is 16.5. The van der Waals surface area contributed by atoms with Crippen LogP contribution in [0.3, 0.4) is 0 Å². The highest BCUT2D eigenvalue weighted by Gasteiger charge is 2.14. The van der Waals surface area contributed by atoms with Crippen molar-refractivity contribution in [3.05, 3.63) is 76.3 Å². The van der Waals surface area contributed by atoms with Crippen molar-refractivity contribution < 1.29 is 9.53 Å². The summed E-state index contributed by atoms with van der Waals surface area (Å²) >= 11 is 0. The van der Waals surface area contributed by atoms with Crippen molar-refractivity contribution in [3.8, 4) is 11.4 Å². The summed E-state index contributed by atoms with van der Waals surface area (Å²) in [7, 11) is 1.58. The lowest BCUT2D eigenvalue weighted by Gasteiger charge is -2.07. The van der Waals surface area contributed by atoms with Gasteiger partial charge in [-0.3, -0.25) is 14.7 Å². The van der Waals surface area contributed by atoms with E-state index in [0.29, 0.717) is 34.8 Å². The smallest absolute Gasteiger partial charge is 0.261 e. The molecule has 0 aliphatic rings. The van der Waals surface area contributed by atoms with Gasteiger partial charge in [0.15, 0.2) is 11.6 Å². The molecule has 2 heterocycles. The van der Waals surface area contributed by atoms with E-state index in [9.17, 15) is 9.59 Å². The van der Waals surface area contributed by atoms with E-state index in [0.717, 1.165) is 5.56 Å². The van der Waals surface area contributed by atoms with E-state index < -0.39 is 5.91 Å². The Balaban J connectivity index is 1.60. The first-order valence-corrected chi connectivity index (χ1v) is 8.58. The summed E-state index contributed by atoms with van der Waals surface area (Å²) in [4.78, 5) is 32.5. The van der Waals surface area contributed by atoms with Crippen molar-refractivity contribution in [1.29, 1.82) is 0 Å². The molecule has 0 radical (unpaired) electrons. The van der Waals surface area contributed by atoms with E-state index in [-0.39, 0.29) is 11.0 Å². The summed E-state index contributed by atoms with van der Waals surface area (Å²) in [6.45, 7) is 0.328. The summed E-state index contributed by atoms with van der Waals surface area (Å²) < 4.78 is 5.02. The molecule has 0 unspecified atom stereocenters. The number of H-pyrrole nitrogens is 2. The van der Waals surface area contributed by atoms with E-state index in [2.05, 4.69) is 25.5 Å². The van der Waals surface area contributed by atoms with Crippen LogP contribution in [0.25, 0.3) is 22.3 Å². The van der Waals surface area contributed by atoms with Gasteiger partial charge in [0, 0.05) is 35.5 Å². The molecule has 140 valence electrons. The Labute approximate surface area is 159 Å². The highest BCUT2D eigenvalue weighted by molar-refractivity contribution is 6.05. The quantitative estimate of drug-likeness (QED) is 0.496. The van der Waals surface area contributed by atoms with Gasteiger partial charge < -0.3 is 15.0 Å².